The molecule has 2 nitrogen and oxygen atoms in total. The van der Waals surface area contributed by atoms with Crippen LogP contribution in [-0.2, 0) is 4.74 Å². The van der Waals surface area contributed by atoms with E-state index in [0.717, 1.165) is 12.5 Å². The molecule has 0 aromatic carbocycles. The molecule has 1 N–H and O–H groups in total. The van der Waals surface area contributed by atoms with Gasteiger partial charge < -0.3 is 10.1 Å². The summed E-state index contributed by atoms with van der Waals surface area (Å²) in [6.07, 6.45) is 5.88. The van der Waals surface area contributed by atoms with Gasteiger partial charge in [0.05, 0.1) is 6.10 Å². The largest absolute Gasteiger partial charge is 0.377 e. The van der Waals surface area contributed by atoms with Crippen molar-refractivity contribution in [2.75, 3.05) is 6.61 Å². The summed E-state index contributed by atoms with van der Waals surface area (Å²) in [5.74, 6) is 0.933. The Morgan fingerprint density at radius 1 is 1.18 bits per heavy atom. The highest BCUT2D eigenvalue weighted by molar-refractivity contribution is 5.12. The molecule has 2 bridgehead atoms. The van der Waals surface area contributed by atoms with Gasteiger partial charge in [-0.15, -0.1) is 0 Å². The lowest BCUT2D eigenvalue weighted by atomic mass is 9.68. The fourth-order valence-electron chi connectivity index (χ4n) is 4.88. The summed E-state index contributed by atoms with van der Waals surface area (Å²) < 4.78 is 5.69. The maximum atomic E-state index is 5.69. The molecule has 0 amide bonds. The molecule has 2 aliphatic carbocycles. The van der Waals surface area contributed by atoms with E-state index in [2.05, 4.69) is 33.0 Å². The van der Waals surface area contributed by atoms with Crippen LogP contribution < -0.4 is 5.32 Å². The summed E-state index contributed by atoms with van der Waals surface area (Å²) in [6, 6.07) is 1.26. The van der Waals surface area contributed by atoms with E-state index in [0.29, 0.717) is 29.0 Å². The zero-order chi connectivity index (χ0) is 12.3. The monoisotopic (exact) mass is 237 g/mol. The maximum Gasteiger partial charge on any atom is 0.0700 e. The van der Waals surface area contributed by atoms with E-state index in [-0.39, 0.29) is 0 Å². The minimum Gasteiger partial charge on any atom is -0.377 e. The zero-order valence-electron chi connectivity index (χ0n) is 11.8. The number of rotatable bonds is 2. The Bertz CT molecular complexity index is 309. The normalized spacial score (nSPS) is 52.2. The lowest BCUT2D eigenvalue weighted by Crippen LogP contribution is -2.55. The molecular formula is C15H27NO. The molecule has 3 aliphatic rings. The number of hydrogen-bond donors (Lipinski definition) is 1. The second-order valence-corrected chi connectivity index (χ2v) is 7.49. The summed E-state index contributed by atoms with van der Waals surface area (Å²) in [4.78, 5) is 0. The summed E-state index contributed by atoms with van der Waals surface area (Å²) in [5, 5.41) is 3.96. The smallest absolute Gasteiger partial charge is 0.0700 e. The molecule has 1 heterocycles. The molecule has 1 aliphatic heterocycles. The van der Waals surface area contributed by atoms with Gasteiger partial charge in [-0.3, -0.25) is 0 Å². The van der Waals surface area contributed by atoms with E-state index in [1.807, 2.05) is 0 Å². The minimum atomic E-state index is 0.397. The highest BCUT2D eigenvalue weighted by Crippen LogP contribution is 2.62. The Balaban J connectivity index is 1.77. The van der Waals surface area contributed by atoms with Crippen LogP contribution in [-0.4, -0.2) is 24.8 Å². The van der Waals surface area contributed by atoms with Crippen LogP contribution >= 0.6 is 0 Å². The van der Waals surface area contributed by atoms with Gasteiger partial charge in [0.2, 0.25) is 0 Å². The van der Waals surface area contributed by atoms with Gasteiger partial charge in [0.25, 0.3) is 0 Å². The maximum absolute atomic E-state index is 5.69. The van der Waals surface area contributed by atoms with Crippen LogP contribution in [0.25, 0.3) is 0 Å². The molecule has 5 unspecified atom stereocenters. The number of fused-ring (bicyclic) bond motifs is 2. The van der Waals surface area contributed by atoms with Crippen LogP contribution in [0.15, 0.2) is 0 Å². The Kier molecular flexibility index (Phi) is 2.61. The first kappa shape index (κ1) is 12.0. The zero-order valence-corrected chi connectivity index (χ0v) is 11.8. The highest BCUT2D eigenvalue weighted by atomic mass is 16.5. The predicted molar refractivity (Wildman–Crippen MR) is 70.0 cm³/mol. The van der Waals surface area contributed by atoms with Gasteiger partial charge in [-0.05, 0) is 49.4 Å². The van der Waals surface area contributed by atoms with Crippen LogP contribution in [0.4, 0.5) is 0 Å². The SMILES string of the molecule is CC1OCCC1NC1C2(C)CCC(C2)C1(C)C. The van der Waals surface area contributed by atoms with Gasteiger partial charge >= 0.3 is 0 Å². The predicted octanol–water partition coefficient (Wildman–Crippen LogP) is 2.97. The van der Waals surface area contributed by atoms with E-state index in [9.17, 15) is 0 Å². The Labute approximate surface area is 105 Å². The molecule has 98 valence electrons. The average Bonchev–Trinajstić information content (AvgIpc) is 2.85. The molecule has 0 aromatic heterocycles. The third-order valence-electron chi connectivity index (χ3n) is 6.03. The van der Waals surface area contributed by atoms with Crippen molar-refractivity contribution in [2.24, 2.45) is 16.7 Å². The van der Waals surface area contributed by atoms with Crippen LogP contribution in [0.5, 0.6) is 0 Å². The summed E-state index contributed by atoms with van der Waals surface area (Å²) in [6.45, 7) is 10.6. The molecule has 17 heavy (non-hydrogen) atoms. The van der Waals surface area contributed by atoms with Gasteiger partial charge in [0.1, 0.15) is 0 Å². The molecular weight excluding hydrogens is 210 g/mol. The highest BCUT2D eigenvalue weighted by Gasteiger charge is 2.59. The molecule has 2 saturated carbocycles. The summed E-state index contributed by atoms with van der Waals surface area (Å²) in [5.41, 5.74) is 1.01. The fraction of sp³-hybridized carbons (Fsp3) is 1.00. The quantitative estimate of drug-likeness (QED) is 0.797. The fourth-order valence-corrected chi connectivity index (χ4v) is 4.88. The molecule has 0 spiro atoms. The molecule has 1 saturated heterocycles. The Morgan fingerprint density at radius 3 is 2.47 bits per heavy atom. The first-order valence-electron chi connectivity index (χ1n) is 7.31. The lowest BCUT2D eigenvalue weighted by Gasteiger charge is -2.45. The van der Waals surface area contributed by atoms with Crippen molar-refractivity contribution in [2.45, 2.75) is 71.6 Å². The Morgan fingerprint density at radius 2 is 1.94 bits per heavy atom. The second kappa shape index (κ2) is 3.71. The number of ether oxygens (including phenoxy) is 1. The van der Waals surface area contributed by atoms with Crippen molar-refractivity contribution in [1.29, 1.82) is 0 Å². The van der Waals surface area contributed by atoms with E-state index in [4.69, 9.17) is 4.74 Å². The van der Waals surface area contributed by atoms with E-state index >= 15 is 0 Å². The minimum absolute atomic E-state index is 0.397. The standard InChI is InChI=1S/C15H27NO/c1-10-12(6-8-17-10)16-13-14(2,3)11-5-7-15(13,4)9-11/h10-13,16H,5-9H2,1-4H3. The van der Waals surface area contributed by atoms with Gasteiger partial charge in [-0.1, -0.05) is 20.8 Å². The number of hydrogen-bond acceptors (Lipinski definition) is 2. The molecule has 0 radical (unpaired) electrons. The Hall–Kier alpha value is -0.0800. The first-order chi connectivity index (χ1) is 7.93. The van der Waals surface area contributed by atoms with Crippen LogP contribution in [0.3, 0.4) is 0 Å². The van der Waals surface area contributed by atoms with Gasteiger partial charge in [-0.2, -0.15) is 0 Å². The number of nitrogens with one attached hydrogen (secondary N) is 1. The van der Waals surface area contributed by atoms with Gasteiger partial charge in [0, 0.05) is 18.7 Å². The van der Waals surface area contributed by atoms with Crippen molar-refractivity contribution in [3.8, 4) is 0 Å². The first-order valence-corrected chi connectivity index (χ1v) is 7.31. The van der Waals surface area contributed by atoms with Crippen LogP contribution in [0.2, 0.25) is 0 Å². The average molecular weight is 237 g/mol. The van der Waals surface area contributed by atoms with Crippen molar-refractivity contribution in [3.63, 3.8) is 0 Å². The summed E-state index contributed by atoms with van der Waals surface area (Å²) in [7, 11) is 0. The van der Waals surface area contributed by atoms with Crippen LogP contribution in [0, 0.1) is 16.7 Å². The van der Waals surface area contributed by atoms with E-state index in [1.165, 1.54) is 25.7 Å². The van der Waals surface area contributed by atoms with Crippen LogP contribution in [0.1, 0.15) is 53.4 Å². The van der Waals surface area contributed by atoms with Crippen molar-refractivity contribution < 1.29 is 4.74 Å². The molecule has 2 heteroatoms. The summed E-state index contributed by atoms with van der Waals surface area (Å²) >= 11 is 0. The molecule has 0 aromatic rings. The molecule has 3 fully saturated rings. The van der Waals surface area contributed by atoms with E-state index < -0.39 is 0 Å². The lowest BCUT2D eigenvalue weighted by molar-refractivity contribution is 0.0718. The van der Waals surface area contributed by atoms with Crippen molar-refractivity contribution in [1.82, 2.24) is 5.32 Å². The van der Waals surface area contributed by atoms with Gasteiger partial charge in [0.15, 0.2) is 0 Å². The molecule has 3 rings (SSSR count). The second-order valence-electron chi connectivity index (χ2n) is 7.49. The van der Waals surface area contributed by atoms with Gasteiger partial charge in [-0.25, -0.2) is 0 Å². The third-order valence-corrected chi connectivity index (χ3v) is 6.03. The molecule has 5 atom stereocenters. The third kappa shape index (κ3) is 1.67. The van der Waals surface area contributed by atoms with E-state index in [1.54, 1.807) is 0 Å². The van der Waals surface area contributed by atoms with Crippen molar-refractivity contribution in [3.05, 3.63) is 0 Å². The van der Waals surface area contributed by atoms with Crippen molar-refractivity contribution >= 4 is 0 Å². The topological polar surface area (TPSA) is 21.3 Å².